The van der Waals surface area contributed by atoms with E-state index in [0.29, 0.717) is 19.5 Å². The third-order valence-corrected chi connectivity index (χ3v) is 3.73. The van der Waals surface area contributed by atoms with Gasteiger partial charge in [-0.05, 0) is 38.0 Å². The Kier molecular flexibility index (Phi) is 5.63. The molecule has 0 spiro atoms. The fourth-order valence-electron chi connectivity index (χ4n) is 2.47. The molecular formula is C16H21FN4O. The Labute approximate surface area is 129 Å². The molecule has 0 aliphatic carbocycles. The van der Waals surface area contributed by atoms with Crippen LogP contribution in [0.1, 0.15) is 38.3 Å². The van der Waals surface area contributed by atoms with Gasteiger partial charge in [-0.3, -0.25) is 9.48 Å². The molecule has 0 bridgehead atoms. The fraction of sp³-hybridized carbons (Fsp3) is 0.438. The average molecular weight is 304 g/mol. The fourth-order valence-corrected chi connectivity index (χ4v) is 2.47. The molecule has 1 amide bonds. The normalized spacial score (nSPS) is 12.1. The van der Waals surface area contributed by atoms with E-state index in [1.165, 1.54) is 18.5 Å². The molecule has 0 aliphatic heterocycles. The Morgan fingerprint density at radius 2 is 2.09 bits per heavy atom. The Morgan fingerprint density at radius 1 is 1.36 bits per heavy atom. The summed E-state index contributed by atoms with van der Waals surface area (Å²) in [5.74, 6) is -0.169. The number of hydrogen-bond acceptors (Lipinski definition) is 3. The number of amides is 1. The lowest BCUT2D eigenvalue weighted by Gasteiger charge is -2.28. The molecular weight excluding hydrogens is 283 g/mol. The Morgan fingerprint density at radius 3 is 2.68 bits per heavy atom. The van der Waals surface area contributed by atoms with E-state index in [9.17, 15) is 9.18 Å². The van der Waals surface area contributed by atoms with Crippen LogP contribution in [0.15, 0.2) is 36.9 Å². The van der Waals surface area contributed by atoms with Gasteiger partial charge in [0.25, 0.3) is 0 Å². The number of carbonyl (C=O) groups excluding carboxylic acids is 1. The van der Waals surface area contributed by atoms with Crippen LogP contribution in [-0.2, 0) is 11.3 Å². The third kappa shape index (κ3) is 4.13. The zero-order chi connectivity index (χ0) is 15.9. The van der Waals surface area contributed by atoms with Gasteiger partial charge in [0, 0.05) is 19.5 Å². The van der Waals surface area contributed by atoms with Crippen molar-refractivity contribution in [2.24, 2.45) is 0 Å². The van der Waals surface area contributed by atoms with E-state index in [4.69, 9.17) is 0 Å². The highest BCUT2D eigenvalue weighted by molar-refractivity contribution is 5.76. The number of aryl methyl sites for hydroxylation is 1. The van der Waals surface area contributed by atoms with Crippen LogP contribution < -0.4 is 0 Å². The number of carbonyl (C=O) groups is 1. The number of rotatable bonds is 7. The summed E-state index contributed by atoms with van der Waals surface area (Å²) in [4.78, 5) is 18.1. The van der Waals surface area contributed by atoms with Gasteiger partial charge < -0.3 is 4.90 Å². The van der Waals surface area contributed by atoms with Crippen molar-refractivity contribution in [1.82, 2.24) is 19.7 Å². The van der Waals surface area contributed by atoms with E-state index in [2.05, 4.69) is 10.1 Å². The maximum Gasteiger partial charge on any atom is 0.223 e. The lowest BCUT2D eigenvalue weighted by molar-refractivity contribution is -0.133. The third-order valence-electron chi connectivity index (χ3n) is 3.73. The van der Waals surface area contributed by atoms with Gasteiger partial charge in [-0.15, -0.1) is 0 Å². The second kappa shape index (κ2) is 7.68. The SMILES string of the molecule is CCN(C(=O)CCCn1cncn1)C(C)c1ccc(F)cc1. The van der Waals surface area contributed by atoms with Crippen molar-refractivity contribution in [2.45, 2.75) is 39.3 Å². The summed E-state index contributed by atoms with van der Waals surface area (Å²) in [6.07, 6.45) is 4.30. The molecule has 1 heterocycles. The number of aromatic nitrogens is 3. The zero-order valence-corrected chi connectivity index (χ0v) is 12.9. The zero-order valence-electron chi connectivity index (χ0n) is 12.9. The number of halogens is 1. The molecule has 0 fully saturated rings. The minimum absolute atomic E-state index is 0.0653. The minimum atomic E-state index is -0.266. The van der Waals surface area contributed by atoms with E-state index in [0.717, 1.165) is 12.0 Å². The summed E-state index contributed by atoms with van der Waals surface area (Å²) in [5.41, 5.74) is 0.938. The van der Waals surface area contributed by atoms with Gasteiger partial charge in [-0.2, -0.15) is 5.10 Å². The van der Waals surface area contributed by atoms with Crippen LogP contribution in [0.3, 0.4) is 0 Å². The second-order valence-corrected chi connectivity index (χ2v) is 5.17. The van der Waals surface area contributed by atoms with Crippen LogP contribution in [-0.4, -0.2) is 32.1 Å². The number of hydrogen-bond donors (Lipinski definition) is 0. The molecule has 22 heavy (non-hydrogen) atoms. The summed E-state index contributed by atoms with van der Waals surface area (Å²) < 4.78 is 14.7. The molecule has 0 aliphatic rings. The van der Waals surface area contributed by atoms with Gasteiger partial charge in [-0.1, -0.05) is 12.1 Å². The first-order valence-electron chi connectivity index (χ1n) is 7.49. The highest BCUT2D eigenvalue weighted by Gasteiger charge is 2.19. The molecule has 2 aromatic rings. The van der Waals surface area contributed by atoms with Crippen molar-refractivity contribution in [3.8, 4) is 0 Å². The molecule has 2 rings (SSSR count). The predicted molar refractivity (Wildman–Crippen MR) is 81.5 cm³/mol. The van der Waals surface area contributed by atoms with E-state index < -0.39 is 0 Å². The van der Waals surface area contributed by atoms with Crippen molar-refractivity contribution in [3.63, 3.8) is 0 Å². The first-order chi connectivity index (χ1) is 10.6. The van der Waals surface area contributed by atoms with Gasteiger partial charge >= 0.3 is 0 Å². The van der Waals surface area contributed by atoms with Gasteiger partial charge in [0.1, 0.15) is 18.5 Å². The van der Waals surface area contributed by atoms with Crippen molar-refractivity contribution in [3.05, 3.63) is 48.3 Å². The summed E-state index contributed by atoms with van der Waals surface area (Å²) in [6.45, 7) is 5.22. The molecule has 1 aromatic carbocycles. The Balaban J connectivity index is 1.91. The maximum atomic E-state index is 13.0. The standard InChI is InChI=1S/C16H21FN4O/c1-3-21(13(2)14-6-8-15(17)9-7-14)16(22)5-4-10-20-12-18-11-19-20/h6-9,11-13H,3-5,10H2,1-2H3. The number of nitrogens with zero attached hydrogens (tertiary/aromatic N) is 4. The van der Waals surface area contributed by atoms with Crippen LogP contribution in [0.25, 0.3) is 0 Å². The molecule has 118 valence electrons. The monoisotopic (exact) mass is 304 g/mol. The van der Waals surface area contributed by atoms with E-state index >= 15 is 0 Å². The molecule has 0 saturated heterocycles. The average Bonchev–Trinajstić information content (AvgIpc) is 3.02. The highest BCUT2D eigenvalue weighted by Crippen LogP contribution is 2.21. The van der Waals surface area contributed by atoms with Crippen LogP contribution in [0.2, 0.25) is 0 Å². The van der Waals surface area contributed by atoms with Gasteiger partial charge in [0.05, 0.1) is 6.04 Å². The van der Waals surface area contributed by atoms with E-state index in [1.807, 2.05) is 18.7 Å². The largest absolute Gasteiger partial charge is 0.336 e. The smallest absolute Gasteiger partial charge is 0.223 e. The van der Waals surface area contributed by atoms with Gasteiger partial charge in [0.2, 0.25) is 5.91 Å². The maximum absolute atomic E-state index is 13.0. The first-order valence-corrected chi connectivity index (χ1v) is 7.49. The van der Waals surface area contributed by atoms with Gasteiger partial charge in [-0.25, -0.2) is 9.37 Å². The highest BCUT2D eigenvalue weighted by atomic mass is 19.1. The van der Waals surface area contributed by atoms with Gasteiger partial charge in [0.15, 0.2) is 0 Å². The van der Waals surface area contributed by atoms with Crippen LogP contribution in [0, 0.1) is 5.82 Å². The Hall–Kier alpha value is -2.24. The Bertz CT molecular complexity index is 583. The molecule has 0 saturated carbocycles. The summed E-state index contributed by atoms with van der Waals surface area (Å²) in [7, 11) is 0. The van der Waals surface area contributed by atoms with Crippen LogP contribution >= 0.6 is 0 Å². The molecule has 1 atom stereocenters. The van der Waals surface area contributed by atoms with Crippen LogP contribution in [0.5, 0.6) is 0 Å². The van der Waals surface area contributed by atoms with E-state index in [1.54, 1.807) is 23.1 Å². The van der Waals surface area contributed by atoms with Crippen molar-refractivity contribution >= 4 is 5.91 Å². The molecule has 1 aromatic heterocycles. The quantitative estimate of drug-likeness (QED) is 0.790. The number of benzene rings is 1. The van der Waals surface area contributed by atoms with Crippen molar-refractivity contribution < 1.29 is 9.18 Å². The molecule has 6 heteroatoms. The van der Waals surface area contributed by atoms with Crippen LogP contribution in [0.4, 0.5) is 4.39 Å². The summed E-state index contributed by atoms with van der Waals surface area (Å²) in [6, 6.07) is 6.24. The lowest BCUT2D eigenvalue weighted by Crippen LogP contribution is -2.33. The first kappa shape index (κ1) is 16.1. The minimum Gasteiger partial charge on any atom is -0.336 e. The van der Waals surface area contributed by atoms with Crippen molar-refractivity contribution in [2.75, 3.05) is 6.54 Å². The molecule has 0 radical (unpaired) electrons. The van der Waals surface area contributed by atoms with Crippen molar-refractivity contribution in [1.29, 1.82) is 0 Å². The molecule has 1 unspecified atom stereocenters. The van der Waals surface area contributed by atoms with E-state index in [-0.39, 0.29) is 17.8 Å². The summed E-state index contributed by atoms with van der Waals surface area (Å²) >= 11 is 0. The predicted octanol–water partition coefficient (Wildman–Crippen LogP) is 2.81. The molecule has 0 N–H and O–H groups in total. The molecule has 5 nitrogen and oxygen atoms in total. The summed E-state index contributed by atoms with van der Waals surface area (Å²) in [5, 5.41) is 4.01. The lowest BCUT2D eigenvalue weighted by atomic mass is 10.1. The topological polar surface area (TPSA) is 51.0 Å². The second-order valence-electron chi connectivity index (χ2n) is 5.17.